The van der Waals surface area contributed by atoms with E-state index in [1.807, 2.05) is 0 Å². The number of oxime groups is 1. The quantitative estimate of drug-likeness (QED) is 0.325. The number of hydrogen-bond acceptors (Lipinski definition) is 3. The molecule has 0 radical (unpaired) electrons. The fourth-order valence-corrected chi connectivity index (χ4v) is 1.87. The van der Waals surface area contributed by atoms with E-state index in [4.69, 9.17) is 10.9 Å². The fraction of sp³-hybridized carbons (Fsp3) is 0.889. The molecule has 1 atom stereocenters. The number of halogens is 2. The number of nitrogens with zero attached hydrogens (tertiary/aromatic N) is 2. The first-order chi connectivity index (χ1) is 6.93. The Bertz CT molecular complexity index is 240. The molecule has 0 amide bonds. The van der Waals surface area contributed by atoms with Gasteiger partial charge in [0.15, 0.2) is 5.84 Å². The van der Waals surface area contributed by atoms with E-state index in [0.29, 0.717) is 13.0 Å². The molecule has 15 heavy (non-hydrogen) atoms. The Hall–Kier alpha value is -0.910. The summed E-state index contributed by atoms with van der Waals surface area (Å²) in [5.41, 5.74) is 5.33. The van der Waals surface area contributed by atoms with Crippen LogP contribution in [0.4, 0.5) is 8.78 Å². The van der Waals surface area contributed by atoms with Gasteiger partial charge in [0, 0.05) is 12.5 Å². The van der Waals surface area contributed by atoms with E-state index in [1.54, 1.807) is 4.90 Å². The summed E-state index contributed by atoms with van der Waals surface area (Å²) in [7, 11) is 0. The lowest BCUT2D eigenvalue weighted by atomic mass is 9.92. The first-order valence-electron chi connectivity index (χ1n) is 5.00. The van der Waals surface area contributed by atoms with Crippen molar-refractivity contribution in [1.82, 2.24) is 4.90 Å². The minimum atomic E-state index is -2.65. The highest BCUT2D eigenvalue weighted by Crippen LogP contribution is 2.31. The van der Waals surface area contributed by atoms with Gasteiger partial charge in [0.2, 0.25) is 5.92 Å². The van der Waals surface area contributed by atoms with E-state index in [0.717, 1.165) is 19.9 Å². The van der Waals surface area contributed by atoms with E-state index < -0.39 is 11.8 Å². The van der Waals surface area contributed by atoms with Crippen LogP contribution in [0.25, 0.3) is 0 Å². The monoisotopic (exact) mass is 221 g/mol. The van der Waals surface area contributed by atoms with E-state index in [1.165, 1.54) is 0 Å². The fourth-order valence-electron chi connectivity index (χ4n) is 1.87. The smallest absolute Gasteiger partial charge is 0.249 e. The van der Waals surface area contributed by atoms with Crippen molar-refractivity contribution in [1.29, 1.82) is 0 Å². The topological polar surface area (TPSA) is 61.8 Å². The number of alkyl halides is 2. The zero-order valence-electron chi connectivity index (χ0n) is 8.79. The highest BCUT2D eigenvalue weighted by atomic mass is 19.3. The van der Waals surface area contributed by atoms with Crippen molar-refractivity contribution in [2.45, 2.75) is 25.7 Å². The first kappa shape index (κ1) is 12.2. The van der Waals surface area contributed by atoms with Crippen LogP contribution in [0.2, 0.25) is 0 Å². The van der Waals surface area contributed by atoms with Gasteiger partial charge in [-0.2, -0.15) is 0 Å². The van der Waals surface area contributed by atoms with E-state index >= 15 is 0 Å². The molecule has 1 aliphatic heterocycles. The van der Waals surface area contributed by atoms with Crippen molar-refractivity contribution >= 4 is 5.84 Å². The van der Waals surface area contributed by atoms with Gasteiger partial charge >= 0.3 is 0 Å². The molecule has 0 bridgehead atoms. The average molecular weight is 221 g/mol. The Morgan fingerprint density at radius 2 is 2.33 bits per heavy atom. The second kappa shape index (κ2) is 4.74. The average Bonchev–Trinajstić information content (AvgIpc) is 2.17. The molecule has 0 aliphatic carbocycles. The third-order valence-corrected chi connectivity index (χ3v) is 2.74. The predicted molar refractivity (Wildman–Crippen MR) is 53.2 cm³/mol. The minimum Gasteiger partial charge on any atom is -0.409 e. The molecule has 4 nitrogen and oxygen atoms in total. The maximum Gasteiger partial charge on any atom is 0.249 e. The summed E-state index contributed by atoms with van der Waals surface area (Å²) in [5, 5.41) is 11.2. The summed E-state index contributed by atoms with van der Waals surface area (Å²) in [5.74, 6) is -3.21. The van der Waals surface area contributed by atoms with E-state index in [9.17, 15) is 8.78 Å². The lowest BCUT2D eigenvalue weighted by molar-refractivity contribution is -0.0643. The van der Waals surface area contributed by atoms with Gasteiger partial charge in [-0.25, -0.2) is 8.78 Å². The molecule has 1 rings (SSSR count). The Morgan fingerprint density at radius 1 is 1.67 bits per heavy atom. The molecule has 3 N–H and O–H groups in total. The normalized spacial score (nSPS) is 25.5. The molecule has 0 unspecified atom stereocenters. The molecule has 0 saturated carbocycles. The van der Waals surface area contributed by atoms with Gasteiger partial charge < -0.3 is 10.9 Å². The summed E-state index contributed by atoms with van der Waals surface area (Å²) >= 11 is 0. The molecule has 1 saturated heterocycles. The molecule has 1 aliphatic rings. The molecule has 0 aromatic rings. The van der Waals surface area contributed by atoms with E-state index in [2.05, 4.69) is 5.16 Å². The highest BCUT2D eigenvalue weighted by molar-refractivity contribution is 5.81. The third kappa shape index (κ3) is 3.62. The van der Waals surface area contributed by atoms with Crippen LogP contribution in [0.5, 0.6) is 0 Å². The molecule has 88 valence electrons. The summed E-state index contributed by atoms with van der Waals surface area (Å²) < 4.78 is 26.1. The molecule has 6 heteroatoms. The van der Waals surface area contributed by atoms with Crippen LogP contribution in [0.15, 0.2) is 5.16 Å². The Balaban J connectivity index is 2.49. The Kier molecular flexibility index (Phi) is 3.84. The largest absolute Gasteiger partial charge is 0.409 e. The number of likely N-dealkylation sites (tertiary alicyclic amines) is 1. The number of amidine groups is 1. The molecule has 0 spiro atoms. The Labute approximate surface area is 87.7 Å². The summed E-state index contributed by atoms with van der Waals surface area (Å²) in [6, 6.07) is 0. The second-order valence-electron chi connectivity index (χ2n) is 4.12. The van der Waals surface area contributed by atoms with Crippen LogP contribution in [-0.2, 0) is 0 Å². The molecule has 0 aromatic carbocycles. The van der Waals surface area contributed by atoms with Crippen LogP contribution in [-0.4, -0.2) is 41.5 Å². The zero-order valence-corrected chi connectivity index (χ0v) is 8.79. The molecule has 1 fully saturated rings. The van der Waals surface area contributed by atoms with Gasteiger partial charge in [0.1, 0.15) is 0 Å². The van der Waals surface area contributed by atoms with Crippen molar-refractivity contribution < 1.29 is 14.0 Å². The van der Waals surface area contributed by atoms with Crippen LogP contribution in [0, 0.1) is 5.92 Å². The highest BCUT2D eigenvalue weighted by Gasteiger charge is 2.37. The lowest BCUT2D eigenvalue weighted by Gasteiger charge is -2.35. The van der Waals surface area contributed by atoms with Gasteiger partial charge in [-0.1, -0.05) is 5.16 Å². The summed E-state index contributed by atoms with van der Waals surface area (Å²) in [6.45, 7) is 2.23. The van der Waals surface area contributed by atoms with Gasteiger partial charge in [-0.15, -0.1) is 0 Å². The molecular weight excluding hydrogens is 204 g/mol. The van der Waals surface area contributed by atoms with Crippen molar-refractivity contribution in [2.75, 3.05) is 19.6 Å². The third-order valence-electron chi connectivity index (χ3n) is 2.74. The van der Waals surface area contributed by atoms with Crippen molar-refractivity contribution in [2.24, 2.45) is 16.8 Å². The first-order valence-corrected chi connectivity index (χ1v) is 5.00. The SMILES string of the molecule is CC(F)(F)[C@@H]1CCCN(CC(N)=NO)C1. The predicted octanol–water partition coefficient (Wildman–Crippen LogP) is 1.10. The number of nitrogens with two attached hydrogens (primary N) is 1. The van der Waals surface area contributed by atoms with Gasteiger partial charge in [-0.05, 0) is 26.3 Å². The zero-order chi connectivity index (χ0) is 11.5. The minimum absolute atomic E-state index is 0.0649. The molecule has 1 heterocycles. The maximum absolute atomic E-state index is 13.1. The number of piperidine rings is 1. The standard InChI is InChI=1S/C9H17F2N3O/c1-9(10,11)7-3-2-4-14(5-7)6-8(12)13-15/h7,15H,2-6H2,1H3,(H2,12,13)/t7-/m1/s1. The van der Waals surface area contributed by atoms with E-state index in [-0.39, 0.29) is 12.4 Å². The molecular formula is C9H17F2N3O. The number of hydrogen-bond donors (Lipinski definition) is 2. The summed E-state index contributed by atoms with van der Waals surface area (Å²) in [4.78, 5) is 1.79. The van der Waals surface area contributed by atoms with Crippen LogP contribution in [0.1, 0.15) is 19.8 Å². The van der Waals surface area contributed by atoms with Gasteiger partial charge in [0.25, 0.3) is 0 Å². The maximum atomic E-state index is 13.1. The van der Waals surface area contributed by atoms with Gasteiger partial charge in [-0.3, -0.25) is 4.90 Å². The molecule has 0 aromatic heterocycles. The van der Waals surface area contributed by atoms with Gasteiger partial charge in [0.05, 0.1) is 6.54 Å². The van der Waals surface area contributed by atoms with Crippen molar-refractivity contribution in [3.05, 3.63) is 0 Å². The van der Waals surface area contributed by atoms with Crippen LogP contribution >= 0.6 is 0 Å². The second-order valence-corrected chi connectivity index (χ2v) is 4.12. The Morgan fingerprint density at radius 3 is 2.87 bits per heavy atom. The van der Waals surface area contributed by atoms with Crippen LogP contribution < -0.4 is 5.73 Å². The number of rotatable bonds is 3. The van der Waals surface area contributed by atoms with Crippen molar-refractivity contribution in [3.63, 3.8) is 0 Å². The lowest BCUT2D eigenvalue weighted by Crippen LogP contribution is -2.45. The van der Waals surface area contributed by atoms with Crippen LogP contribution in [0.3, 0.4) is 0 Å². The van der Waals surface area contributed by atoms with Crippen molar-refractivity contribution in [3.8, 4) is 0 Å². The summed E-state index contributed by atoms with van der Waals surface area (Å²) in [6.07, 6.45) is 1.27.